The van der Waals surface area contributed by atoms with Gasteiger partial charge in [0.1, 0.15) is 13.2 Å². The molecule has 0 rings (SSSR count). The smallest absolute Gasteiger partial charge is 0.306 e. The Balaban J connectivity index is 4.25. The molecule has 1 unspecified atom stereocenters. The molecular weight excluding hydrogens is 913 g/mol. The van der Waals surface area contributed by atoms with E-state index in [9.17, 15) is 14.4 Å². The molecule has 0 aromatic rings. The topological polar surface area (TPSA) is 78.9 Å². The number of allylic oxidation sites excluding steroid dienone is 10. The molecule has 6 nitrogen and oxygen atoms in total. The lowest BCUT2D eigenvalue weighted by atomic mass is 10.0. The molecule has 0 aliphatic rings. The molecule has 0 bridgehead atoms. The molecule has 0 heterocycles. The number of carbonyl (C=O) groups is 3. The van der Waals surface area contributed by atoms with Crippen LogP contribution in [0, 0.1) is 0 Å². The van der Waals surface area contributed by atoms with Crippen LogP contribution in [0.2, 0.25) is 0 Å². The Morgan fingerprint density at radius 3 is 0.878 bits per heavy atom. The van der Waals surface area contributed by atoms with E-state index in [4.69, 9.17) is 14.2 Å². The monoisotopic (exact) mass is 1030 g/mol. The zero-order chi connectivity index (χ0) is 53.6. The quantitative estimate of drug-likeness (QED) is 0.0261. The number of hydrogen-bond acceptors (Lipinski definition) is 6. The standard InChI is InChI=1S/C68H122O6/c1-4-7-10-13-16-19-22-24-26-28-30-32-34-36-37-39-41-43-46-49-52-55-58-61-67(70)73-64-65(63-72-66(69)60-57-54-51-48-45-21-18-15-12-9-6-3)74-68(71)62-59-56-53-50-47-44-42-40-38-35-33-31-29-27-25-23-20-17-14-11-8-5-2/h7,10,15-16,18-19,24,26,30,32,65H,4-6,8-9,11-14,17,20-23,25,27-29,31,33-64H2,1-3H3/b10-7-,18-15-,19-16-,26-24-,32-30-. The molecule has 0 aromatic heterocycles. The van der Waals surface area contributed by atoms with E-state index in [1.807, 2.05) is 0 Å². The third-order valence-corrected chi connectivity index (χ3v) is 14.3. The van der Waals surface area contributed by atoms with Gasteiger partial charge in [0.05, 0.1) is 0 Å². The van der Waals surface area contributed by atoms with Crippen molar-refractivity contribution in [2.24, 2.45) is 0 Å². The Kier molecular flexibility index (Phi) is 60.2. The second-order valence-corrected chi connectivity index (χ2v) is 21.6. The van der Waals surface area contributed by atoms with Gasteiger partial charge in [-0.1, -0.05) is 300 Å². The van der Waals surface area contributed by atoms with Gasteiger partial charge < -0.3 is 14.2 Å². The molecule has 0 aliphatic carbocycles. The lowest BCUT2D eigenvalue weighted by Crippen LogP contribution is -2.30. The van der Waals surface area contributed by atoms with Crippen molar-refractivity contribution in [2.45, 2.75) is 341 Å². The highest BCUT2D eigenvalue weighted by Crippen LogP contribution is 2.17. The highest BCUT2D eigenvalue weighted by molar-refractivity contribution is 5.71. The number of esters is 3. The molecule has 0 radical (unpaired) electrons. The third kappa shape index (κ3) is 60.0. The van der Waals surface area contributed by atoms with Crippen molar-refractivity contribution in [3.8, 4) is 0 Å². The molecule has 0 saturated carbocycles. The van der Waals surface area contributed by atoms with Gasteiger partial charge in [-0.15, -0.1) is 0 Å². The summed E-state index contributed by atoms with van der Waals surface area (Å²) in [5.41, 5.74) is 0. The number of hydrogen-bond donors (Lipinski definition) is 0. The number of rotatable bonds is 59. The predicted octanol–water partition coefficient (Wildman–Crippen LogP) is 21.9. The number of carbonyl (C=O) groups excluding carboxylic acids is 3. The maximum atomic E-state index is 12.9. The highest BCUT2D eigenvalue weighted by Gasteiger charge is 2.19. The fourth-order valence-corrected chi connectivity index (χ4v) is 9.42. The van der Waals surface area contributed by atoms with Gasteiger partial charge >= 0.3 is 17.9 Å². The van der Waals surface area contributed by atoms with Crippen LogP contribution in [0.3, 0.4) is 0 Å². The van der Waals surface area contributed by atoms with E-state index in [2.05, 4.69) is 81.5 Å². The zero-order valence-corrected chi connectivity index (χ0v) is 49.4. The van der Waals surface area contributed by atoms with Crippen LogP contribution in [-0.2, 0) is 28.6 Å². The van der Waals surface area contributed by atoms with Crippen molar-refractivity contribution in [1.29, 1.82) is 0 Å². The summed E-state index contributed by atoms with van der Waals surface area (Å²) in [5, 5.41) is 0. The maximum absolute atomic E-state index is 12.9. The third-order valence-electron chi connectivity index (χ3n) is 14.3. The fourth-order valence-electron chi connectivity index (χ4n) is 9.42. The minimum atomic E-state index is -0.778. The summed E-state index contributed by atoms with van der Waals surface area (Å²) in [5.74, 6) is -0.871. The predicted molar refractivity (Wildman–Crippen MR) is 321 cm³/mol. The molecule has 0 fully saturated rings. The van der Waals surface area contributed by atoms with Crippen LogP contribution in [0.25, 0.3) is 0 Å². The van der Waals surface area contributed by atoms with Gasteiger partial charge in [-0.3, -0.25) is 14.4 Å². The van der Waals surface area contributed by atoms with Crippen LogP contribution in [-0.4, -0.2) is 37.2 Å². The first-order valence-corrected chi connectivity index (χ1v) is 32.3. The molecule has 1 atom stereocenters. The molecule has 0 spiro atoms. The fraction of sp³-hybridized carbons (Fsp3) is 0.809. The van der Waals surface area contributed by atoms with E-state index in [0.29, 0.717) is 19.3 Å². The average molecular weight is 1040 g/mol. The number of unbranched alkanes of at least 4 members (excludes halogenated alkanes) is 38. The van der Waals surface area contributed by atoms with Gasteiger partial charge in [-0.2, -0.15) is 0 Å². The van der Waals surface area contributed by atoms with Crippen LogP contribution < -0.4 is 0 Å². The Hall–Kier alpha value is -2.89. The minimum absolute atomic E-state index is 0.0758. The Labute approximate surface area is 460 Å². The maximum Gasteiger partial charge on any atom is 0.306 e. The van der Waals surface area contributed by atoms with Crippen LogP contribution in [0.15, 0.2) is 60.8 Å². The summed E-state index contributed by atoms with van der Waals surface area (Å²) in [6.45, 7) is 6.53. The van der Waals surface area contributed by atoms with Crippen LogP contribution in [0.5, 0.6) is 0 Å². The largest absolute Gasteiger partial charge is 0.462 e. The molecule has 6 heteroatoms. The van der Waals surface area contributed by atoms with Crippen LogP contribution in [0.1, 0.15) is 335 Å². The normalized spacial score (nSPS) is 12.4. The molecule has 0 amide bonds. The Morgan fingerprint density at radius 1 is 0.284 bits per heavy atom. The lowest BCUT2D eigenvalue weighted by Gasteiger charge is -2.18. The van der Waals surface area contributed by atoms with Gasteiger partial charge in [0, 0.05) is 19.3 Å². The molecule has 0 N–H and O–H groups in total. The second-order valence-electron chi connectivity index (χ2n) is 21.6. The lowest BCUT2D eigenvalue weighted by molar-refractivity contribution is -0.167. The first-order chi connectivity index (χ1) is 36.5. The van der Waals surface area contributed by atoms with Gasteiger partial charge in [-0.25, -0.2) is 0 Å². The van der Waals surface area contributed by atoms with Crippen LogP contribution in [0.4, 0.5) is 0 Å². The average Bonchev–Trinajstić information content (AvgIpc) is 3.40. The van der Waals surface area contributed by atoms with Crippen LogP contribution >= 0.6 is 0 Å². The molecule has 74 heavy (non-hydrogen) atoms. The van der Waals surface area contributed by atoms with E-state index in [-0.39, 0.29) is 31.1 Å². The number of ether oxygens (including phenoxy) is 3. The van der Waals surface area contributed by atoms with Gasteiger partial charge in [-0.05, 0) is 77.0 Å². The van der Waals surface area contributed by atoms with E-state index in [1.165, 1.54) is 205 Å². The highest BCUT2D eigenvalue weighted by atomic mass is 16.6. The molecule has 430 valence electrons. The van der Waals surface area contributed by atoms with E-state index in [1.54, 1.807) is 0 Å². The molecule has 0 saturated heterocycles. The van der Waals surface area contributed by atoms with E-state index < -0.39 is 6.10 Å². The van der Waals surface area contributed by atoms with Crippen molar-refractivity contribution in [2.75, 3.05) is 13.2 Å². The van der Waals surface area contributed by atoms with E-state index in [0.717, 1.165) is 89.9 Å². The Morgan fingerprint density at radius 2 is 0.541 bits per heavy atom. The molecular formula is C68H122O6. The zero-order valence-electron chi connectivity index (χ0n) is 49.4. The summed E-state index contributed by atoms with van der Waals surface area (Å²) in [4.78, 5) is 38.3. The minimum Gasteiger partial charge on any atom is -0.462 e. The van der Waals surface area contributed by atoms with Crippen molar-refractivity contribution in [3.63, 3.8) is 0 Å². The summed E-state index contributed by atoms with van der Waals surface area (Å²) < 4.78 is 16.9. The first kappa shape index (κ1) is 71.1. The van der Waals surface area contributed by atoms with Crippen molar-refractivity contribution in [3.05, 3.63) is 60.8 Å². The van der Waals surface area contributed by atoms with Crippen molar-refractivity contribution >= 4 is 17.9 Å². The Bertz CT molecular complexity index is 1330. The van der Waals surface area contributed by atoms with Crippen molar-refractivity contribution in [1.82, 2.24) is 0 Å². The summed E-state index contributed by atoms with van der Waals surface area (Å²) >= 11 is 0. The van der Waals surface area contributed by atoms with Gasteiger partial charge in [0.25, 0.3) is 0 Å². The van der Waals surface area contributed by atoms with E-state index >= 15 is 0 Å². The summed E-state index contributed by atoms with van der Waals surface area (Å²) in [7, 11) is 0. The van der Waals surface area contributed by atoms with Gasteiger partial charge in [0.15, 0.2) is 6.10 Å². The molecule has 0 aromatic carbocycles. The van der Waals surface area contributed by atoms with Crippen molar-refractivity contribution < 1.29 is 28.6 Å². The molecule has 0 aliphatic heterocycles. The summed E-state index contributed by atoms with van der Waals surface area (Å²) in [6.07, 6.45) is 79.5. The van der Waals surface area contributed by atoms with Gasteiger partial charge in [0.2, 0.25) is 0 Å². The SMILES string of the molecule is CC/C=C\C/C=C\C/C=C\C/C=C\CCCCCCCCCCCCC(=O)OCC(COC(=O)CCCCCCC/C=C\CCCC)OC(=O)CCCCCCCCCCCCCCCCCCCCCCCC. The first-order valence-electron chi connectivity index (χ1n) is 32.3. The summed E-state index contributed by atoms with van der Waals surface area (Å²) in [6, 6.07) is 0. The second kappa shape index (κ2) is 62.6.